The largest absolute Gasteiger partial charge is 0.394 e. The highest BCUT2D eigenvalue weighted by molar-refractivity contribution is 6.30. The van der Waals surface area contributed by atoms with E-state index < -0.39 is 0 Å². The molecule has 0 saturated carbocycles. The maximum atomic E-state index is 9.46. The maximum Gasteiger partial charge on any atom is 0.163 e. The molecule has 0 amide bonds. The molecule has 0 unspecified atom stereocenters. The van der Waals surface area contributed by atoms with Crippen molar-refractivity contribution >= 4 is 17.4 Å². The number of pyridine rings is 1. The van der Waals surface area contributed by atoms with Gasteiger partial charge in [0.05, 0.1) is 18.3 Å². The molecule has 2 aromatic heterocycles. The van der Waals surface area contributed by atoms with Gasteiger partial charge in [-0.25, -0.2) is 9.97 Å². The lowest BCUT2D eigenvalue weighted by Gasteiger charge is -2.16. The normalized spacial score (nSPS) is 12.0. The number of halogens is 1. The van der Waals surface area contributed by atoms with Crippen LogP contribution in [0.1, 0.15) is 13.3 Å². The van der Waals surface area contributed by atoms with Gasteiger partial charge in [0, 0.05) is 34.6 Å². The molecule has 5 nitrogen and oxygen atoms in total. The van der Waals surface area contributed by atoms with Crippen LogP contribution in [0.15, 0.2) is 54.9 Å². The van der Waals surface area contributed by atoms with Crippen molar-refractivity contribution in [2.75, 3.05) is 11.9 Å². The van der Waals surface area contributed by atoms with Crippen molar-refractivity contribution in [1.29, 1.82) is 0 Å². The molecule has 1 aromatic carbocycles. The van der Waals surface area contributed by atoms with E-state index in [2.05, 4.69) is 20.3 Å². The molecular formula is C19H19ClN4O. The van der Waals surface area contributed by atoms with Gasteiger partial charge in [0.2, 0.25) is 0 Å². The third-order valence-corrected chi connectivity index (χ3v) is 4.10. The first-order valence-corrected chi connectivity index (χ1v) is 8.50. The lowest BCUT2D eigenvalue weighted by atomic mass is 10.1. The molecule has 0 radical (unpaired) electrons. The van der Waals surface area contributed by atoms with Crippen LogP contribution in [0.3, 0.4) is 0 Å². The standard InChI is InChI=1S/C19H19ClN4O/c1-2-16(12-25)22-18-10-17(13-5-7-15(20)8-6-13)23-19(24-18)14-4-3-9-21-11-14/h3-11,16,25H,2,12H2,1H3,(H,22,23,24)/t16-/m1/s1. The first-order chi connectivity index (χ1) is 12.2. The van der Waals surface area contributed by atoms with Crippen molar-refractivity contribution in [3.8, 4) is 22.6 Å². The molecule has 25 heavy (non-hydrogen) atoms. The van der Waals surface area contributed by atoms with E-state index >= 15 is 0 Å². The number of aliphatic hydroxyl groups is 1. The van der Waals surface area contributed by atoms with Crippen molar-refractivity contribution in [3.63, 3.8) is 0 Å². The predicted molar refractivity (Wildman–Crippen MR) is 100 cm³/mol. The van der Waals surface area contributed by atoms with Gasteiger partial charge < -0.3 is 10.4 Å². The second kappa shape index (κ2) is 8.05. The van der Waals surface area contributed by atoms with Crippen LogP contribution in [-0.2, 0) is 0 Å². The van der Waals surface area contributed by atoms with Crippen molar-refractivity contribution in [2.45, 2.75) is 19.4 Å². The van der Waals surface area contributed by atoms with Crippen molar-refractivity contribution in [2.24, 2.45) is 0 Å². The highest BCUT2D eigenvalue weighted by Gasteiger charge is 2.11. The van der Waals surface area contributed by atoms with Crippen LogP contribution in [0.2, 0.25) is 5.02 Å². The minimum absolute atomic E-state index is 0.0407. The number of anilines is 1. The first kappa shape index (κ1) is 17.3. The van der Waals surface area contributed by atoms with Crippen LogP contribution in [0, 0.1) is 0 Å². The molecule has 0 fully saturated rings. The minimum Gasteiger partial charge on any atom is -0.394 e. The summed E-state index contributed by atoms with van der Waals surface area (Å²) in [5.41, 5.74) is 2.55. The summed E-state index contributed by atoms with van der Waals surface area (Å²) < 4.78 is 0. The average molecular weight is 355 g/mol. The second-order valence-corrected chi connectivity index (χ2v) is 6.08. The lowest BCUT2D eigenvalue weighted by Crippen LogP contribution is -2.23. The summed E-state index contributed by atoms with van der Waals surface area (Å²) >= 11 is 5.98. The Hall–Kier alpha value is -2.50. The Labute approximate surface area is 151 Å². The number of benzene rings is 1. The summed E-state index contributed by atoms with van der Waals surface area (Å²) in [6, 6.07) is 13.1. The van der Waals surface area contributed by atoms with Gasteiger partial charge in [0.15, 0.2) is 5.82 Å². The van der Waals surface area contributed by atoms with E-state index in [1.165, 1.54) is 0 Å². The van der Waals surface area contributed by atoms with Gasteiger partial charge in [0.1, 0.15) is 5.82 Å². The van der Waals surface area contributed by atoms with E-state index in [4.69, 9.17) is 11.6 Å². The van der Waals surface area contributed by atoms with E-state index in [1.807, 2.05) is 49.4 Å². The average Bonchev–Trinajstić information content (AvgIpc) is 2.67. The number of aliphatic hydroxyl groups excluding tert-OH is 1. The highest BCUT2D eigenvalue weighted by Crippen LogP contribution is 2.25. The van der Waals surface area contributed by atoms with Crippen LogP contribution in [-0.4, -0.2) is 32.7 Å². The zero-order chi connectivity index (χ0) is 17.6. The first-order valence-electron chi connectivity index (χ1n) is 8.12. The fourth-order valence-corrected chi connectivity index (χ4v) is 2.53. The zero-order valence-corrected chi connectivity index (χ0v) is 14.6. The molecule has 0 bridgehead atoms. The molecule has 3 aromatic rings. The van der Waals surface area contributed by atoms with Crippen LogP contribution in [0.5, 0.6) is 0 Å². The molecular weight excluding hydrogens is 336 g/mol. The molecule has 0 saturated heterocycles. The minimum atomic E-state index is -0.0604. The summed E-state index contributed by atoms with van der Waals surface area (Å²) in [6.07, 6.45) is 4.23. The zero-order valence-electron chi connectivity index (χ0n) is 13.9. The van der Waals surface area contributed by atoms with Gasteiger partial charge in [-0.15, -0.1) is 0 Å². The molecule has 1 atom stereocenters. The maximum absolute atomic E-state index is 9.46. The Morgan fingerprint density at radius 3 is 2.56 bits per heavy atom. The molecule has 0 aliphatic heterocycles. The summed E-state index contributed by atoms with van der Waals surface area (Å²) in [5.74, 6) is 1.25. The van der Waals surface area contributed by atoms with E-state index in [0.717, 1.165) is 23.2 Å². The number of hydrogen-bond donors (Lipinski definition) is 2. The monoisotopic (exact) mass is 354 g/mol. The number of aromatic nitrogens is 3. The molecule has 3 rings (SSSR count). The molecule has 2 heterocycles. The van der Waals surface area contributed by atoms with E-state index in [9.17, 15) is 5.11 Å². The molecule has 0 spiro atoms. The summed E-state index contributed by atoms with van der Waals surface area (Å²) in [6.45, 7) is 2.05. The number of hydrogen-bond acceptors (Lipinski definition) is 5. The van der Waals surface area contributed by atoms with Gasteiger partial charge in [-0.2, -0.15) is 0 Å². The van der Waals surface area contributed by atoms with Gasteiger partial charge in [-0.3, -0.25) is 4.98 Å². The van der Waals surface area contributed by atoms with Crippen molar-refractivity contribution < 1.29 is 5.11 Å². The smallest absolute Gasteiger partial charge is 0.163 e. The topological polar surface area (TPSA) is 70.9 Å². The summed E-state index contributed by atoms with van der Waals surface area (Å²) in [7, 11) is 0. The molecule has 6 heteroatoms. The molecule has 0 aliphatic rings. The lowest BCUT2D eigenvalue weighted by molar-refractivity contribution is 0.271. The Morgan fingerprint density at radius 2 is 1.92 bits per heavy atom. The van der Waals surface area contributed by atoms with Crippen LogP contribution in [0.4, 0.5) is 5.82 Å². The second-order valence-electron chi connectivity index (χ2n) is 5.64. The van der Waals surface area contributed by atoms with Crippen LogP contribution < -0.4 is 5.32 Å². The third kappa shape index (κ3) is 4.32. The fourth-order valence-electron chi connectivity index (χ4n) is 2.40. The van der Waals surface area contributed by atoms with E-state index in [0.29, 0.717) is 16.7 Å². The van der Waals surface area contributed by atoms with Gasteiger partial charge in [-0.05, 0) is 30.7 Å². The molecule has 0 aliphatic carbocycles. The van der Waals surface area contributed by atoms with Gasteiger partial charge >= 0.3 is 0 Å². The summed E-state index contributed by atoms with van der Waals surface area (Å²) in [4.78, 5) is 13.4. The Bertz CT molecular complexity index is 821. The Kier molecular flexibility index (Phi) is 5.58. The fraction of sp³-hybridized carbons (Fsp3) is 0.211. The SMILES string of the molecule is CC[C@H](CO)Nc1cc(-c2ccc(Cl)cc2)nc(-c2cccnc2)n1. The van der Waals surface area contributed by atoms with Crippen LogP contribution in [0.25, 0.3) is 22.6 Å². The molecule has 128 valence electrons. The van der Waals surface area contributed by atoms with Gasteiger partial charge in [-0.1, -0.05) is 30.7 Å². The van der Waals surface area contributed by atoms with Crippen LogP contribution >= 0.6 is 11.6 Å². The number of nitrogens with zero attached hydrogens (tertiary/aromatic N) is 3. The van der Waals surface area contributed by atoms with Gasteiger partial charge in [0.25, 0.3) is 0 Å². The predicted octanol–water partition coefficient (Wildman–Crippen LogP) is 4.04. The third-order valence-electron chi connectivity index (χ3n) is 3.85. The quantitative estimate of drug-likeness (QED) is 0.699. The molecule has 2 N–H and O–H groups in total. The van der Waals surface area contributed by atoms with Crippen molar-refractivity contribution in [3.05, 3.63) is 59.9 Å². The number of nitrogens with one attached hydrogen (secondary N) is 1. The summed E-state index contributed by atoms with van der Waals surface area (Å²) in [5, 5.41) is 13.4. The Balaban J connectivity index is 2.06. The number of rotatable bonds is 6. The van der Waals surface area contributed by atoms with E-state index in [-0.39, 0.29) is 12.6 Å². The van der Waals surface area contributed by atoms with E-state index in [1.54, 1.807) is 12.4 Å². The Morgan fingerprint density at radius 1 is 1.12 bits per heavy atom. The van der Waals surface area contributed by atoms with Crippen molar-refractivity contribution in [1.82, 2.24) is 15.0 Å². The highest BCUT2D eigenvalue weighted by atomic mass is 35.5.